The van der Waals surface area contributed by atoms with Gasteiger partial charge in [-0.05, 0) is 29.1 Å². The first-order chi connectivity index (χ1) is 18.4. The van der Waals surface area contributed by atoms with E-state index in [9.17, 15) is 19.7 Å². The Labute approximate surface area is 223 Å². The first kappa shape index (κ1) is 26.8. The fourth-order valence-corrected chi connectivity index (χ4v) is 4.79. The van der Waals surface area contributed by atoms with E-state index in [-0.39, 0.29) is 25.4 Å². The van der Waals surface area contributed by atoms with Crippen LogP contribution in [-0.2, 0) is 9.53 Å². The fraction of sp³-hybridized carbons (Fsp3) is 0.269. The number of rotatable bonds is 10. The molecule has 1 N–H and O–H groups in total. The van der Waals surface area contributed by atoms with Crippen molar-refractivity contribution >= 4 is 40.4 Å². The quantitative estimate of drug-likeness (QED) is 0.299. The molecular weight excluding hydrogens is 510 g/mol. The van der Waals surface area contributed by atoms with Crippen molar-refractivity contribution in [1.82, 2.24) is 9.91 Å². The van der Waals surface area contributed by atoms with E-state index < -0.39 is 22.9 Å². The maximum absolute atomic E-state index is 13.6. The van der Waals surface area contributed by atoms with Gasteiger partial charge in [-0.25, -0.2) is 9.80 Å². The molecule has 0 radical (unpaired) electrons. The lowest BCUT2D eigenvalue weighted by atomic mass is 10.0. The first-order valence-electron chi connectivity index (χ1n) is 11.8. The summed E-state index contributed by atoms with van der Waals surface area (Å²) in [6, 6.07) is 15.9. The van der Waals surface area contributed by atoms with Gasteiger partial charge >= 0.3 is 6.03 Å². The predicted octanol–water partition coefficient (Wildman–Crippen LogP) is 4.52. The number of carbonyl (C=O) groups excluding carboxylic acids is 2. The molecule has 0 aliphatic carbocycles. The van der Waals surface area contributed by atoms with Crippen LogP contribution in [0.25, 0.3) is 0 Å². The number of urea groups is 1. The van der Waals surface area contributed by atoms with E-state index in [1.165, 1.54) is 47.6 Å². The molecule has 0 saturated heterocycles. The van der Waals surface area contributed by atoms with Crippen LogP contribution in [-0.4, -0.2) is 66.4 Å². The van der Waals surface area contributed by atoms with E-state index in [0.29, 0.717) is 29.1 Å². The number of anilines is 1. The van der Waals surface area contributed by atoms with Crippen LogP contribution in [0, 0.1) is 10.1 Å². The first-order valence-corrected chi connectivity index (χ1v) is 12.6. The number of thiophene rings is 1. The number of amides is 3. The second kappa shape index (κ2) is 12.3. The van der Waals surface area contributed by atoms with Crippen LogP contribution >= 0.6 is 11.3 Å². The highest BCUT2D eigenvalue weighted by atomic mass is 32.1. The summed E-state index contributed by atoms with van der Waals surface area (Å²) in [5, 5.41) is 22.0. The Hall–Kier alpha value is -4.29. The van der Waals surface area contributed by atoms with Gasteiger partial charge in [-0.3, -0.25) is 14.9 Å². The van der Waals surface area contributed by atoms with Crippen molar-refractivity contribution in [3.63, 3.8) is 0 Å². The van der Waals surface area contributed by atoms with Gasteiger partial charge in [0.25, 0.3) is 11.6 Å². The summed E-state index contributed by atoms with van der Waals surface area (Å²) in [6.45, 7) is 0.0850. The molecule has 0 saturated carbocycles. The number of benzene rings is 2. The number of ether oxygens (including phenoxy) is 2. The molecule has 38 heavy (non-hydrogen) atoms. The normalized spacial score (nSPS) is 14.6. The van der Waals surface area contributed by atoms with E-state index in [1.807, 2.05) is 17.5 Å². The largest absolute Gasteiger partial charge is 0.495 e. The van der Waals surface area contributed by atoms with Crippen LogP contribution in [0.3, 0.4) is 0 Å². The molecule has 0 spiro atoms. The lowest BCUT2D eigenvalue weighted by Crippen LogP contribution is -2.44. The van der Waals surface area contributed by atoms with E-state index in [0.717, 1.165) is 4.88 Å². The van der Waals surface area contributed by atoms with Gasteiger partial charge in [0.1, 0.15) is 12.3 Å². The van der Waals surface area contributed by atoms with Crippen LogP contribution in [0.4, 0.5) is 16.2 Å². The van der Waals surface area contributed by atoms with Crippen molar-refractivity contribution in [3.8, 4) is 5.75 Å². The molecule has 2 heterocycles. The maximum Gasteiger partial charge on any atom is 0.322 e. The molecule has 4 rings (SSSR count). The summed E-state index contributed by atoms with van der Waals surface area (Å²) in [5.41, 5.74) is 1.68. The summed E-state index contributed by atoms with van der Waals surface area (Å²) < 4.78 is 10.5. The van der Waals surface area contributed by atoms with Gasteiger partial charge in [0.15, 0.2) is 0 Å². The van der Waals surface area contributed by atoms with Gasteiger partial charge in [0.2, 0.25) is 0 Å². The molecule has 1 aliphatic rings. The molecule has 0 bridgehead atoms. The number of hydrazone groups is 1. The zero-order chi connectivity index (χ0) is 27.1. The Morgan fingerprint density at radius 3 is 2.71 bits per heavy atom. The molecule has 1 aliphatic heterocycles. The number of nitro benzene ring substituents is 1. The summed E-state index contributed by atoms with van der Waals surface area (Å²) in [7, 11) is 3.01. The second-order valence-electron chi connectivity index (χ2n) is 8.38. The van der Waals surface area contributed by atoms with Crippen molar-refractivity contribution in [2.45, 2.75) is 12.5 Å². The van der Waals surface area contributed by atoms with Crippen molar-refractivity contribution in [2.75, 3.05) is 39.2 Å². The monoisotopic (exact) mass is 537 g/mol. The van der Waals surface area contributed by atoms with Gasteiger partial charge in [-0.1, -0.05) is 30.3 Å². The number of nitro groups is 1. The molecule has 3 aromatic rings. The third-order valence-corrected chi connectivity index (χ3v) is 6.88. The van der Waals surface area contributed by atoms with E-state index in [2.05, 4.69) is 10.4 Å². The number of nitrogens with one attached hydrogen (secondary N) is 1. The van der Waals surface area contributed by atoms with Gasteiger partial charge in [-0.15, -0.1) is 11.3 Å². The van der Waals surface area contributed by atoms with Crippen molar-refractivity contribution < 1.29 is 24.0 Å². The minimum atomic E-state index is -0.555. The number of hydrogen-bond donors (Lipinski definition) is 1. The Bertz CT molecular complexity index is 1330. The highest BCUT2D eigenvalue weighted by Crippen LogP contribution is 2.35. The Kier molecular flexibility index (Phi) is 8.66. The van der Waals surface area contributed by atoms with Crippen molar-refractivity contribution in [2.24, 2.45) is 5.10 Å². The average Bonchev–Trinajstić information content (AvgIpc) is 3.62. The second-order valence-corrected chi connectivity index (χ2v) is 9.33. The highest BCUT2D eigenvalue weighted by Gasteiger charge is 2.35. The molecule has 3 amide bonds. The predicted molar refractivity (Wildman–Crippen MR) is 144 cm³/mol. The van der Waals surface area contributed by atoms with Crippen LogP contribution in [0.2, 0.25) is 0 Å². The zero-order valence-corrected chi connectivity index (χ0v) is 21.7. The van der Waals surface area contributed by atoms with E-state index in [1.54, 1.807) is 36.4 Å². The van der Waals surface area contributed by atoms with Crippen molar-refractivity contribution in [3.05, 3.63) is 86.6 Å². The third-order valence-electron chi connectivity index (χ3n) is 5.96. The van der Waals surface area contributed by atoms with E-state index in [4.69, 9.17) is 9.47 Å². The fourth-order valence-electron chi connectivity index (χ4n) is 4.07. The molecule has 2 aromatic carbocycles. The topological polar surface area (TPSA) is 127 Å². The highest BCUT2D eigenvalue weighted by molar-refractivity contribution is 7.12. The maximum atomic E-state index is 13.6. The number of methoxy groups -OCH3 is 2. The smallest absolute Gasteiger partial charge is 0.322 e. The lowest BCUT2D eigenvalue weighted by Gasteiger charge is -2.27. The minimum Gasteiger partial charge on any atom is -0.495 e. The average molecular weight is 538 g/mol. The summed E-state index contributed by atoms with van der Waals surface area (Å²) in [4.78, 5) is 39.9. The molecule has 12 heteroatoms. The van der Waals surface area contributed by atoms with Gasteiger partial charge in [0, 0.05) is 32.2 Å². The van der Waals surface area contributed by atoms with Crippen LogP contribution in [0.5, 0.6) is 5.75 Å². The number of hydrogen-bond acceptors (Lipinski definition) is 8. The SMILES string of the molecule is COCCN(CC(=O)N1N=C(c2cccs2)CC1c1cccc([N+](=O)[O-])c1)C(=O)Nc1ccccc1OC. The molecule has 1 atom stereocenters. The van der Waals surface area contributed by atoms with Gasteiger partial charge < -0.3 is 19.7 Å². The summed E-state index contributed by atoms with van der Waals surface area (Å²) in [6.07, 6.45) is 0.388. The van der Waals surface area contributed by atoms with E-state index >= 15 is 0 Å². The summed E-state index contributed by atoms with van der Waals surface area (Å²) >= 11 is 1.49. The molecule has 11 nitrogen and oxygen atoms in total. The van der Waals surface area contributed by atoms with Crippen LogP contribution in [0.1, 0.15) is 22.9 Å². The molecule has 1 aromatic heterocycles. The Balaban J connectivity index is 1.59. The molecule has 1 unspecified atom stereocenters. The Morgan fingerprint density at radius 2 is 2.00 bits per heavy atom. The minimum absolute atomic E-state index is 0.0719. The molecule has 0 fully saturated rings. The summed E-state index contributed by atoms with van der Waals surface area (Å²) in [5.74, 6) is 0.0497. The molecular formula is C26H27N5O6S. The zero-order valence-electron chi connectivity index (χ0n) is 20.9. The third kappa shape index (κ3) is 6.15. The standard InChI is InChI=1S/C26H27N5O6S/c1-36-13-12-29(26(33)27-20-9-3-4-10-23(20)37-2)17-25(32)30-22(16-21(28-30)24-11-6-14-38-24)18-7-5-8-19(15-18)31(34)35/h3-11,14-15,22H,12-13,16-17H2,1-2H3,(H,27,33). The lowest BCUT2D eigenvalue weighted by molar-refractivity contribution is -0.385. The Morgan fingerprint density at radius 1 is 1.18 bits per heavy atom. The van der Waals surface area contributed by atoms with Crippen LogP contribution < -0.4 is 10.1 Å². The number of non-ortho nitro benzene ring substituents is 1. The van der Waals surface area contributed by atoms with Crippen LogP contribution in [0.15, 0.2) is 71.1 Å². The van der Waals surface area contributed by atoms with Gasteiger partial charge in [-0.2, -0.15) is 5.10 Å². The number of nitrogens with zero attached hydrogens (tertiary/aromatic N) is 4. The number of carbonyl (C=O) groups is 2. The van der Waals surface area contributed by atoms with Crippen molar-refractivity contribution in [1.29, 1.82) is 0 Å². The van der Waals surface area contributed by atoms with Gasteiger partial charge in [0.05, 0.1) is 41.0 Å². The molecule has 198 valence electrons. The number of para-hydroxylation sites is 2.